The fourth-order valence-electron chi connectivity index (χ4n) is 3.71. The molecule has 0 aromatic heterocycles. The van der Waals surface area contributed by atoms with Crippen LogP contribution < -0.4 is 0 Å². The average Bonchev–Trinajstić information content (AvgIpc) is 2.65. The summed E-state index contributed by atoms with van der Waals surface area (Å²) >= 11 is 0. The van der Waals surface area contributed by atoms with Gasteiger partial charge in [-0.3, -0.25) is 4.90 Å². The van der Waals surface area contributed by atoms with Gasteiger partial charge in [0.05, 0.1) is 0 Å². The van der Waals surface area contributed by atoms with Crippen molar-refractivity contribution < 1.29 is 33.2 Å². The van der Waals surface area contributed by atoms with E-state index in [2.05, 4.69) is 4.90 Å². The van der Waals surface area contributed by atoms with Gasteiger partial charge in [-0.25, -0.2) is 4.79 Å². The highest BCUT2D eigenvalue weighted by Crippen LogP contribution is 2.28. The zero-order valence-corrected chi connectivity index (χ0v) is 18.2. The summed E-state index contributed by atoms with van der Waals surface area (Å²) in [6, 6.07) is 0. The molecule has 2 heterocycles. The van der Waals surface area contributed by atoms with Crippen LogP contribution in [0.5, 0.6) is 0 Å². The van der Waals surface area contributed by atoms with E-state index >= 15 is 0 Å². The number of methoxy groups -OCH3 is 4. The number of rotatable bonds is 6. The van der Waals surface area contributed by atoms with Gasteiger partial charge in [0.1, 0.15) is 30.0 Å². The number of nitrogens with zero attached hydrogens (tertiary/aromatic N) is 2. The molecule has 2 aliphatic heterocycles. The Morgan fingerprint density at radius 3 is 1.93 bits per heavy atom. The highest BCUT2D eigenvalue weighted by atomic mass is 16.7. The van der Waals surface area contributed by atoms with Crippen LogP contribution in [0.15, 0.2) is 0 Å². The molecule has 0 unspecified atom stereocenters. The summed E-state index contributed by atoms with van der Waals surface area (Å²) in [5, 5.41) is 0. The third kappa shape index (κ3) is 5.77. The van der Waals surface area contributed by atoms with Crippen LogP contribution >= 0.6 is 0 Å². The predicted molar refractivity (Wildman–Crippen MR) is 102 cm³/mol. The number of hydrogen-bond acceptors (Lipinski definition) is 8. The van der Waals surface area contributed by atoms with Gasteiger partial charge < -0.3 is 33.3 Å². The first-order valence-corrected chi connectivity index (χ1v) is 9.71. The molecule has 2 fully saturated rings. The van der Waals surface area contributed by atoms with Gasteiger partial charge in [-0.05, 0) is 20.8 Å². The number of amides is 1. The fraction of sp³-hybridized carbons (Fsp3) is 0.947. The van der Waals surface area contributed by atoms with Gasteiger partial charge >= 0.3 is 6.09 Å². The van der Waals surface area contributed by atoms with E-state index < -0.39 is 11.9 Å². The molecule has 2 saturated heterocycles. The summed E-state index contributed by atoms with van der Waals surface area (Å²) in [7, 11) is 6.48. The number of ether oxygens (including phenoxy) is 6. The van der Waals surface area contributed by atoms with Gasteiger partial charge in [0, 0.05) is 61.2 Å². The number of piperazine rings is 1. The van der Waals surface area contributed by atoms with Crippen LogP contribution in [-0.4, -0.2) is 113 Å². The Morgan fingerprint density at radius 1 is 0.893 bits per heavy atom. The van der Waals surface area contributed by atoms with Gasteiger partial charge in [0.25, 0.3) is 0 Å². The lowest BCUT2D eigenvalue weighted by molar-refractivity contribution is -0.304. The first-order valence-electron chi connectivity index (χ1n) is 9.71. The van der Waals surface area contributed by atoms with Crippen LogP contribution in [0.4, 0.5) is 4.79 Å². The highest BCUT2D eigenvalue weighted by Gasteiger charge is 2.47. The first kappa shape index (κ1) is 23.3. The second-order valence-corrected chi connectivity index (χ2v) is 8.15. The molecule has 0 aromatic carbocycles. The van der Waals surface area contributed by atoms with Gasteiger partial charge in [0.15, 0.2) is 6.29 Å². The molecule has 0 aliphatic carbocycles. The normalized spacial score (nSPS) is 32.4. The summed E-state index contributed by atoms with van der Waals surface area (Å²) in [5.41, 5.74) is -0.488. The molecular formula is C19H36N2O7. The Morgan fingerprint density at radius 2 is 1.46 bits per heavy atom. The standard InChI is InChI=1S/C19H36N2O7/c1-19(2,3)28-18(22)21-10-8-20(9-11-21)12-13-14(23-4)15(24-5)16(25-6)17(26-7)27-13/h13-17H,8-12H2,1-7H3/t13-,14-,15+,16+,17+/m1/s1. The van der Waals surface area contributed by atoms with Crippen molar-refractivity contribution in [2.75, 3.05) is 61.2 Å². The van der Waals surface area contributed by atoms with Crippen molar-refractivity contribution in [2.45, 2.75) is 57.1 Å². The molecular weight excluding hydrogens is 368 g/mol. The summed E-state index contributed by atoms with van der Waals surface area (Å²) in [4.78, 5) is 16.2. The third-order valence-electron chi connectivity index (χ3n) is 5.10. The molecule has 28 heavy (non-hydrogen) atoms. The molecule has 164 valence electrons. The summed E-state index contributed by atoms with van der Waals surface area (Å²) < 4.78 is 33.9. The van der Waals surface area contributed by atoms with Crippen molar-refractivity contribution in [3.8, 4) is 0 Å². The Balaban J connectivity index is 1.94. The highest BCUT2D eigenvalue weighted by molar-refractivity contribution is 5.68. The zero-order chi connectivity index (χ0) is 20.9. The van der Waals surface area contributed by atoms with Crippen LogP contribution in [0.1, 0.15) is 20.8 Å². The van der Waals surface area contributed by atoms with Crippen LogP contribution in [-0.2, 0) is 28.4 Å². The molecule has 0 aromatic rings. The van der Waals surface area contributed by atoms with E-state index in [4.69, 9.17) is 28.4 Å². The Hall–Kier alpha value is -0.970. The van der Waals surface area contributed by atoms with Crippen molar-refractivity contribution in [1.82, 2.24) is 9.80 Å². The molecule has 2 rings (SSSR count). The molecule has 2 aliphatic rings. The number of carbonyl (C=O) groups excluding carboxylic acids is 1. The molecule has 9 heteroatoms. The predicted octanol–water partition coefficient (Wildman–Crippen LogP) is 0.955. The number of carbonyl (C=O) groups is 1. The van der Waals surface area contributed by atoms with Crippen molar-refractivity contribution in [1.29, 1.82) is 0 Å². The minimum Gasteiger partial charge on any atom is -0.444 e. The Kier molecular flexibility index (Phi) is 8.47. The maximum absolute atomic E-state index is 12.2. The van der Waals surface area contributed by atoms with Crippen LogP contribution in [0.2, 0.25) is 0 Å². The lowest BCUT2D eigenvalue weighted by atomic mass is 9.97. The zero-order valence-electron chi connectivity index (χ0n) is 18.2. The monoisotopic (exact) mass is 404 g/mol. The van der Waals surface area contributed by atoms with Crippen LogP contribution in [0.25, 0.3) is 0 Å². The van der Waals surface area contributed by atoms with E-state index in [-0.39, 0.29) is 30.5 Å². The summed E-state index contributed by atoms with van der Waals surface area (Å²) in [6.07, 6.45) is -2.00. The molecule has 1 amide bonds. The van der Waals surface area contributed by atoms with Gasteiger partial charge in [-0.1, -0.05) is 0 Å². The third-order valence-corrected chi connectivity index (χ3v) is 5.10. The van der Waals surface area contributed by atoms with Crippen molar-refractivity contribution >= 4 is 6.09 Å². The van der Waals surface area contributed by atoms with Crippen molar-refractivity contribution in [2.24, 2.45) is 0 Å². The lowest BCUT2D eigenvalue weighted by Gasteiger charge is -2.46. The van der Waals surface area contributed by atoms with Crippen molar-refractivity contribution in [3.05, 3.63) is 0 Å². The van der Waals surface area contributed by atoms with E-state index in [1.54, 1.807) is 33.3 Å². The first-order chi connectivity index (χ1) is 13.2. The van der Waals surface area contributed by atoms with Crippen molar-refractivity contribution in [3.63, 3.8) is 0 Å². The Labute approximate surface area is 168 Å². The average molecular weight is 405 g/mol. The van der Waals surface area contributed by atoms with E-state index in [0.717, 1.165) is 13.1 Å². The van der Waals surface area contributed by atoms with Gasteiger partial charge in [-0.2, -0.15) is 0 Å². The summed E-state index contributed by atoms with van der Waals surface area (Å²) in [6.45, 7) is 8.96. The smallest absolute Gasteiger partial charge is 0.410 e. The van der Waals surface area contributed by atoms with Crippen LogP contribution in [0, 0.1) is 0 Å². The molecule has 0 radical (unpaired) electrons. The number of hydrogen-bond donors (Lipinski definition) is 0. The van der Waals surface area contributed by atoms with E-state index in [1.807, 2.05) is 20.8 Å². The SMILES string of the molecule is CO[C@H]1O[C@H](CN2CCN(C(=O)OC(C)(C)C)CC2)[C@@H](OC)[C@H](OC)[C@@H]1OC. The maximum atomic E-state index is 12.2. The van der Waals surface area contributed by atoms with Gasteiger partial charge in [-0.15, -0.1) is 0 Å². The maximum Gasteiger partial charge on any atom is 0.410 e. The van der Waals surface area contributed by atoms with E-state index in [9.17, 15) is 4.79 Å². The largest absolute Gasteiger partial charge is 0.444 e. The molecule has 0 bridgehead atoms. The minimum absolute atomic E-state index is 0.237. The fourth-order valence-corrected chi connectivity index (χ4v) is 3.71. The van der Waals surface area contributed by atoms with E-state index in [1.165, 1.54) is 0 Å². The second kappa shape index (κ2) is 10.2. The lowest BCUT2D eigenvalue weighted by Crippen LogP contribution is -2.63. The molecule has 9 nitrogen and oxygen atoms in total. The van der Waals surface area contributed by atoms with Gasteiger partial charge in [0.2, 0.25) is 0 Å². The second-order valence-electron chi connectivity index (χ2n) is 8.15. The molecule has 0 spiro atoms. The molecule has 0 saturated carbocycles. The van der Waals surface area contributed by atoms with E-state index in [0.29, 0.717) is 19.6 Å². The topological polar surface area (TPSA) is 78.9 Å². The van der Waals surface area contributed by atoms with Crippen LogP contribution in [0.3, 0.4) is 0 Å². The Bertz CT molecular complexity index is 491. The molecule has 0 N–H and O–H groups in total. The summed E-state index contributed by atoms with van der Waals surface area (Å²) in [5.74, 6) is 0. The minimum atomic E-state index is -0.533. The molecule has 5 atom stereocenters. The quantitative estimate of drug-likeness (QED) is 0.648.